The minimum absolute atomic E-state index is 0.544. The molecule has 2 aliphatic rings. The summed E-state index contributed by atoms with van der Waals surface area (Å²) in [7, 11) is 0. The number of hydrogen-bond donors (Lipinski definition) is 0. The Balaban J connectivity index is 0.997. The van der Waals surface area contributed by atoms with E-state index in [9.17, 15) is 0 Å². The number of aromatic nitrogens is 4. The van der Waals surface area contributed by atoms with E-state index in [2.05, 4.69) is 192 Å². The van der Waals surface area contributed by atoms with E-state index in [0.29, 0.717) is 0 Å². The highest BCUT2D eigenvalue weighted by molar-refractivity contribution is 5.97. The molecule has 5 heteroatoms. The second-order valence-electron chi connectivity index (χ2n) is 16.4. The average Bonchev–Trinajstić information content (AvgIpc) is 4.01. The highest BCUT2D eigenvalue weighted by Crippen LogP contribution is 2.63. The highest BCUT2D eigenvalue weighted by Gasteiger charge is 2.52. The fourth-order valence-corrected chi connectivity index (χ4v) is 10.3. The monoisotopic (exact) mass is 803 g/mol. The fourth-order valence-electron chi connectivity index (χ4n) is 10.3. The Labute approximate surface area is 364 Å². The third kappa shape index (κ3) is 5.33. The van der Waals surface area contributed by atoms with E-state index in [4.69, 9.17) is 15.0 Å². The van der Waals surface area contributed by atoms with Gasteiger partial charge in [-0.15, -0.1) is 0 Å². The van der Waals surface area contributed by atoms with Gasteiger partial charge in [0.25, 0.3) is 0 Å². The summed E-state index contributed by atoms with van der Waals surface area (Å²) in [6.45, 7) is 0. The standard InChI is InChI=1S/C58H37N5/c1-3-15-38(16-4-1)56-57(61-53-24-12-11-23-52(53)60-56)39-26-29-42(30-27-39)63(41-17-5-2-6-18-41)43-31-33-47-46-32-28-40(54-37-62-34-14-13-25-55(62)59-54)35-50(46)58(51(47)36-43)48-21-9-7-19-44(48)45-20-8-10-22-49(45)58/h1-37H. The molecule has 8 aromatic carbocycles. The van der Waals surface area contributed by atoms with Crippen molar-refractivity contribution in [2.24, 2.45) is 0 Å². The van der Waals surface area contributed by atoms with Gasteiger partial charge < -0.3 is 9.30 Å². The molecule has 0 atom stereocenters. The highest BCUT2D eigenvalue weighted by atomic mass is 15.1. The van der Waals surface area contributed by atoms with Crippen LogP contribution in [0.1, 0.15) is 22.3 Å². The van der Waals surface area contributed by atoms with Crippen molar-refractivity contribution in [2.75, 3.05) is 4.90 Å². The molecule has 294 valence electrons. The molecule has 13 rings (SSSR count). The van der Waals surface area contributed by atoms with Gasteiger partial charge in [0.05, 0.1) is 33.5 Å². The molecule has 0 radical (unpaired) electrons. The molecule has 0 fully saturated rings. The van der Waals surface area contributed by atoms with Gasteiger partial charge in [0.1, 0.15) is 5.65 Å². The minimum atomic E-state index is -0.544. The number of pyridine rings is 1. The number of benzene rings is 8. The lowest BCUT2D eigenvalue weighted by Gasteiger charge is -2.32. The zero-order valence-electron chi connectivity index (χ0n) is 34.1. The molecule has 0 saturated carbocycles. The van der Waals surface area contributed by atoms with Gasteiger partial charge in [-0.3, -0.25) is 0 Å². The van der Waals surface area contributed by atoms with Crippen LogP contribution in [0.4, 0.5) is 17.1 Å². The van der Waals surface area contributed by atoms with Crippen LogP contribution in [-0.4, -0.2) is 19.4 Å². The van der Waals surface area contributed by atoms with Crippen LogP contribution in [0.2, 0.25) is 0 Å². The van der Waals surface area contributed by atoms with Crippen molar-refractivity contribution < 1.29 is 0 Å². The maximum Gasteiger partial charge on any atom is 0.137 e. The van der Waals surface area contributed by atoms with Gasteiger partial charge in [-0.1, -0.05) is 146 Å². The lowest BCUT2D eigenvalue weighted by Crippen LogP contribution is -2.26. The number of anilines is 3. The van der Waals surface area contributed by atoms with Gasteiger partial charge in [0, 0.05) is 46.1 Å². The first kappa shape index (κ1) is 35.4. The van der Waals surface area contributed by atoms with Crippen molar-refractivity contribution in [2.45, 2.75) is 5.41 Å². The fraction of sp³-hybridized carbons (Fsp3) is 0.0172. The molecular formula is C58H37N5. The number of imidazole rings is 1. The summed E-state index contributed by atoms with van der Waals surface area (Å²) in [6.07, 6.45) is 4.20. The van der Waals surface area contributed by atoms with Gasteiger partial charge in [0.15, 0.2) is 0 Å². The van der Waals surface area contributed by atoms with Crippen LogP contribution < -0.4 is 4.90 Å². The van der Waals surface area contributed by atoms with Crippen molar-refractivity contribution in [3.63, 3.8) is 0 Å². The predicted octanol–water partition coefficient (Wildman–Crippen LogP) is 14.1. The first-order valence-corrected chi connectivity index (χ1v) is 21.4. The van der Waals surface area contributed by atoms with Gasteiger partial charge in [-0.2, -0.15) is 0 Å². The van der Waals surface area contributed by atoms with Crippen molar-refractivity contribution in [1.29, 1.82) is 0 Å². The summed E-state index contributed by atoms with van der Waals surface area (Å²) in [5, 5.41) is 0. The Hall–Kier alpha value is -8.41. The molecule has 3 aromatic heterocycles. The van der Waals surface area contributed by atoms with Crippen LogP contribution in [-0.2, 0) is 5.41 Å². The van der Waals surface area contributed by atoms with E-state index in [-0.39, 0.29) is 0 Å². The van der Waals surface area contributed by atoms with Crippen molar-refractivity contribution in [3.05, 3.63) is 247 Å². The van der Waals surface area contributed by atoms with Crippen LogP contribution in [0.15, 0.2) is 225 Å². The van der Waals surface area contributed by atoms with Crippen LogP contribution in [0.5, 0.6) is 0 Å². The minimum Gasteiger partial charge on any atom is -0.310 e. The third-order valence-electron chi connectivity index (χ3n) is 13.0. The predicted molar refractivity (Wildman–Crippen MR) is 256 cm³/mol. The molecule has 0 amide bonds. The summed E-state index contributed by atoms with van der Waals surface area (Å²) in [5.74, 6) is 0. The second-order valence-corrected chi connectivity index (χ2v) is 16.4. The number of para-hydroxylation sites is 3. The molecule has 0 unspecified atom stereocenters. The normalized spacial score (nSPS) is 12.9. The van der Waals surface area contributed by atoms with Crippen LogP contribution in [0.3, 0.4) is 0 Å². The zero-order chi connectivity index (χ0) is 41.5. The lowest BCUT2D eigenvalue weighted by molar-refractivity contribution is 0.794. The Bertz CT molecular complexity index is 3500. The third-order valence-corrected chi connectivity index (χ3v) is 13.0. The number of nitrogens with zero attached hydrogens (tertiary/aromatic N) is 5. The van der Waals surface area contributed by atoms with Crippen molar-refractivity contribution in [1.82, 2.24) is 19.4 Å². The first-order chi connectivity index (χ1) is 31.2. The summed E-state index contributed by atoms with van der Waals surface area (Å²) in [4.78, 5) is 17.8. The van der Waals surface area contributed by atoms with E-state index in [1.807, 2.05) is 42.5 Å². The van der Waals surface area contributed by atoms with Crippen molar-refractivity contribution in [3.8, 4) is 56.0 Å². The second kappa shape index (κ2) is 13.8. The van der Waals surface area contributed by atoms with Crippen LogP contribution in [0.25, 0.3) is 72.7 Å². The number of rotatable bonds is 6. The van der Waals surface area contributed by atoms with Gasteiger partial charge in [0.2, 0.25) is 0 Å². The largest absolute Gasteiger partial charge is 0.310 e. The summed E-state index contributed by atoms with van der Waals surface area (Å²) in [6, 6.07) is 76.1. The molecule has 11 aromatic rings. The SMILES string of the molecule is c1ccc(-c2nc3ccccc3nc2-c2ccc(N(c3ccccc3)c3ccc4c(c3)C3(c5ccccc5-c5ccccc53)c3cc(-c5cn6ccccc6n5)ccc3-4)cc2)cc1. The summed E-state index contributed by atoms with van der Waals surface area (Å²) in [5.41, 5.74) is 21.4. The summed E-state index contributed by atoms with van der Waals surface area (Å²) < 4.78 is 2.10. The van der Waals surface area contributed by atoms with E-state index < -0.39 is 5.41 Å². The van der Waals surface area contributed by atoms with Gasteiger partial charge >= 0.3 is 0 Å². The number of hydrogen-bond acceptors (Lipinski definition) is 4. The molecule has 2 aliphatic carbocycles. The van der Waals surface area contributed by atoms with Gasteiger partial charge in [-0.25, -0.2) is 15.0 Å². The molecule has 5 nitrogen and oxygen atoms in total. The lowest BCUT2D eigenvalue weighted by atomic mass is 9.70. The maximum atomic E-state index is 5.20. The molecule has 0 N–H and O–H groups in total. The Kier molecular flexibility index (Phi) is 7.75. The Morgan fingerprint density at radius 1 is 0.365 bits per heavy atom. The quantitative estimate of drug-likeness (QED) is 0.168. The average molecular weight is 804 g/mol. The van der Waals surface area contributed by atoms with Crippen LogP contribution in [0, 0.1) is 0 Å². The van der Waals surface area contributed by atoms with E-state index in [1.165, 1.54) is 44.5 Å². The molecular weight excluding hydrogens is 767 g/mol. The molecule has 0 bridgehead atoms. The Morgan fingerprint density at radius 3 is 1.56 bits per heavy atom. The molecule has 0 saturated heterocycles. The smallest absolute Gasteiger partial charge is 0.137 e. The van der Waals surface area contributed by atoms with E-state index in [1.54, 1.807) is 0 Å². The molecule has 3 heterocycles. The molecule has 63 heavy (non-hydrogen) atoms. The van der Waals surface area contributed by atoms with Crippen molar-refractivity contribution >= 4 is 33.7 Å². The van der Waals surface area contributed by atoms with E-state index in [0.717, 1.165) is 67.5 Å². The molecule has 1 spiro atoms. The maximum absolute atomic E-state index is 5.20. The van der Waals surface area contributed by atoms with E-state index >= 15 is 0 Å². The Morgan fingerprint density at radius 2 is 0.873 bits per heavy atom. The van der Waals surface area contributed by atoms with Crippen LogP contribution >= 0.6 is 0 Å². The number of fused-ring (bicyclic) bond motifs is 12. The molecule has 0 aliphatic heterocycles. The first-order valence-electron chi connectivity index (χ1n) is 21.4. The zero-order valence-corrected chi connectivity index (χ0v) is 34.1. The topological polar surface area (TPSA) is 46.3 Å². The van der Waals surface area contributed by atoms with Gasteiger partial charge in [-0.05, 0) is 111 Å². The summed E-state index contributed by atoms with van der Waals surface area (Å²) >= 11 is 0.